The summed E-state index contributed by atoms with van der Waals surface area (Å²) in [6.07, 6.45) is 1.72. The van der Waals surface area contributed by atoms with Gasteiger partial charge in [0.15, 0.2) is 5.79 Å². The molecule has 2 rings (SSSR count). The Morgan fingerprint density at radius 2 is 1.80 bits per heavy atom. The van der Waals surface area contributed by atoms with Crippen LogP contribution in [0.2, 0.25) is 0 Å². The second-order valence-corrected chi connectivity index (χ2v) is 3.99. The first-order valence-electron chi connectivity index (χ1n) is 5.27. The molecule has 0 spiro atoms. The van der Waals surface area contributed by atoms with Crippen molar-refractivity contribution in [2.24, 2.45) is 0 Å². The van der Waals surface area contributed by atoms with E-state index in [0.717, 1.165) is 18.4 Å². The maximum Gasteiger partial charge on any atom is 0.195 e. The summed E-state index contributed by atoms with van der Waals surface area (Å²) in [5, 5.41) is 0. The van der Waals surface area contributed by atoms with Gasteiger partial charge in [-0.05, 0) is 6.42 Å². The number of alkyl halides is 1. The minimum absolute atomic E-state index is 0.545. The van der Waals surface area contributed by atoms with Gasteiger partial charge in [0.2, 0.25) is 0 Å². The molecule has 1 saturated heterocycles. The van der Waals surface area contributed by atoms with Gasteiger partial charge in [-0.2, -0.15) is 0 Å². The second-order valence-electron chi connectivity index (χ2n) is 3.61. The van der Waals surface area contributed by atoms with E-state index in [1.165, 1.54) is 0 Å². The average Bonchev–Trinajstić information content (AvgIpc) is 2.78. The lowest BCUT2D eigenvalue weighted by atomic mass is 10.0. The molecule has 0 amide bonds. The number of rotatable bonds is 4. The molecule has 0 atom stereocenters. The normalized spacial score (nSPS) is 19.3. The van der Waals surface area contributed by atoms with Crippen LogP contribution in [0.15, 0.2) is 30.3 Å². The fourth-order valence-electron chi connectivity index (χ4n) is 1.90. The molecule has 0 bridgehead atoms. The summed E-state index contributed by atoms with van der Waals surface area (Å²) in [6, 6.07) is 10.1. The standard InChI is InChI=1S/C12H15ClO2/c13-8-4-7-12(14-9-10-15-12)11-5-2-1-3-6-11/h1-3,5-6H,4,7-10H2. The zero-order valence-electron chi connectivity index (χ0n) is 8.62. The van der Waals surface area contributed by atoms with E-state index < -0.39 is 5.79 Å². The van der Waals surface area contributed by atoms with Gasteiger partial charge >= 0.3 is 0 Å². The van der Waals surface area contributed by atoms with Crippen LogP contribution in [0, 0.1) is 0 Å². The van der Waals surface area contributed by atoms with Crippen LogP contribution < -0.4 is 0 Å². The first-order valence-corrected chi connectivity index (χ1v) is 5.80. The van der Waals surface area contributed by atoms with E-state index in [4.69, 9.17) is 21.1 Å². The van der Waals surface area contributed by atoms with Crippen molar-refractivity contribution in [2.45, 2.75) is 18.6 Å². The van der Waals surface area contributed by atoms with Crippen LogP contribution in [0.4, 0.5) is 0 Å². The number of hydrogen-bond acceptors (Lipinski definition) is 2. The SMILES string of the molecule is ClCCCC1(c2ccccc2)OCCO1. The molecular formula is C12H15ClO2. The van der Waals surface area contributed by atoms with E-state index in [-0.39, 0.29) is 0 Å². The Labute approximate surface area is 95.1 Å². The number of benzene rings is 1. The molecule has 1 fully saturated rings. The second kappa shape index (κ2) is 4.97. The summed E-state index contributed by atoms with van der Waals surface area (Å²) >= 11 is 5.72. The quantitative estimate of drug-likeness (QED) is 0.735. The molecule has 1 heterocycles. The summed E-state index contributed by atoms with van der Waals surface area (Å²) in [7, 11) is 0. The summed E-state index contributed by atoms with van der Waals surface area (Å²) in [4.78, 5) is 0. The Balaban J connectivity index is 2.19. The number of hydrogen-bond donors (Lipinski definition) is 0. The highest BCUT2D eigenvalue weighted by Crippen LogP contribution is 2.35. The first kappa shape index (κ1) is 10.9. The molecule has 1 aliphatic heterocycles. The number of halogens is 1. The van der Waals surface area contributed by atoms with Crippen molar-refractivity contribution in [1.29, 1.82) is 0 Å². The van der Waals surface area contributed by atoms with Crippen LogP contribution in [0.5, 0.6) is 0 Å². The lowest BCUT2D eigenvalue weighted by Crippen LogP contribution is -2.27. The molecule has 3 heteroatoms. The Morgan fingerprint density at radius 1 is 1.13 bits per heavy atom. The van der Waals surface area contributed by atoms with Crippen LogP contribution in [0.1, 0.15) is 18.4 Å². The predicted molar refractivity (Wildman–Crippen MR) is 60.0 cm³/mol. The Kier molecular flexibility index (Phi) is 3.62. The molecule has 15 heavy (non-hydrogen) atoms. The van der Waals surface area contributed by atoms with Gasteiger partial charge in [0, 0.05) is 17.9 Å². The van der Waals surface area contributed by atoms with Crippen LogP contribution in [0.25, 0.3) is 0 Å². The third-order valence-electron chi connectivity index (χ3n) is 2.61. The molecule has 0 unspecified atom stereocenters. The highest BCUT2D eigenvalue weighted by atomic mass is 35.5. The fraction of sp³-hybridized carbons (Fsp3) is 0.500. The lowest BCUT2D eigenvalue weighted by Gasteiger charge is -2.27. The molecule has 2 nitrogen and oxygen atoms in total. The van der Waals surface area contributed by atoms with Crippen molar-refractivity contribution in [3.63, 3.8) is 0 Å². The molecule has 1 aromatic rings. The topological polar surface area (TPSA) is 18.5 Å². The first-order chi connectivity index (χ1) is 7.37. The third-order valence-corrected chi connectivity index (χ3v) is 2.87. The average molecular weight is 227 g/mol. The zero-order chi connectivity index (χ0) is 10.6. The van der Waals surface area contributed by atoms with Crippen molar-refractivity contribution in [3.05, 3.63) is 35.9 Å². The molecule has 0 aromatic heterocycles. The van der Waals surface area contributed by atoms with Crippen LogP contribution in [-0.4, -0.2) is 19.1 Å². The van der Waals surface area contributed by atoms with Gasteiger partial charge in [-0.25, -0.2) is 0 Å². The van der Waals surface area contributed by atoms with Crippen LogP contribution in [0.3, 0.4) is 0 Å². The largest absolute Gasteiger partial charge is 0.343 e. The molecule has 1 aliphatic rings. The van der Waals surface area contributed by atoms with Crippen molar-refractivity contribution in [3.8, 4) is 0 Å². The van der Waals surface area contributed by atoms with Crippen molar-refractivity contribution in [1.82, 2.24) is 0 Å². The Morgan fingerprint density at radius 3 is 2.40 bits per heavy atom. The molecular weight excluding hydrogens is 212 g/mol. The minimum atomic E-state index is -0.545. The van der Waals surface area contributed by atoms with Gasteiger partial charge in [0.25, 0.3) is 0 Å². The Bertz CT molecular complexity index is 294. The molecule has 0 radical (unpaired) electrons. The summed E-state index contributed by atoms with van der Waals surface area (Å²) < 4.78 is 11.5. The molecule has 0 N–H and O–H groups in total. The fourth-order valence-corrected chi connectivity index (χ4v) is 2.04. The van der Waals surface area contributed by atoms with Crippen LogP contribution >= 0.6 is 11.6 Å². The van der Waals surface area contributed by atoms with Crippen molar-refractivity contribution >= 4 is 11.6 Å². The van der Waals surface area contributed by atoms with Gasteiger partial charge in [-0.1, -0.05) is 30.3 Å². The molecule has 82 valence electrons. The predicted octanol–water partition coefficient (Wildman–Crippen LogP) is 2.91. The van der Waals surface area contributed by atoms with Crippen LogP contribution in [-0.2, 0) is 15.3 Å². The monoisotopic (exact) mass is 226 g/mol. The highest BCUT2D eigenvalue weighted by Gasteiger charge is 2.37. The van der Waals surface area contributed by atoms with E-state index in [1.807, 2.05) is 30.3 Å². The number of ether oxygens (including phenoxy) is 2. The van der Waals surface area contributed by atoms with Gasteiger partial charge in [0.1, 0.15) is 0 Å². The van der Waals surface area contributed by atoms with Gasteiger partial charge < -0.3 is 9.47 Å². The zero-order valence-corrected chi connectivity index (χ0v) is 9.37. The van der Waals surface area contributed by atoms with E-state index in [2.05, 4.69) is 0 Å². The van der Waals surface area contributed by atoms with E-state index in [0.29, 0.717) is 19.1 Å². The summed E-state index contributed by atoms with van der Waals surface area (Å²) in [5.74, 6) is 0.0947. The van der Waals surface area contributed by atoms with Gasteiger partial charge in [0.05, 0.1) is 13.2 Å². The van der Waals surface area contributed by atoms with E-state index >= 15 is 0 Å². The lowest BCUT2D eigenvalue weighted by molar-refractivity contribution is -0.170. The molecule has 1 aromatic carbocycles. The summed E-state index contributed by atoms with van der Waals surface area (Å²) in [6.45, 7) is 1.33. The smallest absolute Gasteiger partial charge is 0.195 e. The Hall–Kier alpha value is -0.570. The van der Waals surface area contributed by atoms with E-state index in [9.17, 15) is 0 Å². The summed E-state index contributed by atoms with van der Waals surface area (Å²) in [5.41, 5.74) is 1.09. The third kappa shape index (κ3) is 2.33. The van der Waals surface area contributed by atoms with Crippen molar-refractivity contribution < 1.29 is 9.47 Å². The maximum atomic E-state index is 5.75. The highest BCUT2D eigenvalue weighted by molar-refractivity contribution is 6.17. The maximum absolute atomic E-state index is 5.75. The molecule has 0 aliphatic carbocycles. The van der Waals surface area contributed by atoms with E-state index in [1.54, 1.807) is 0 Å². The van der Waals surface area contributed by atoms with Gasteiger partial charge in [-0.3, -0.25) is 0 Å². The van der Waals surface area contributed by atoms with Gasteiger partial charge in [-0.15, -0.1) is 11.6 Å². The molecule has 0 saturated carbocycles. The minimum Gasteiger partial charge on any atom is -0.343 e. The van der Waals surface area contributed by atoms with Crippen molar-refractivity contribution in [2.75, 3.05) is 19.1 Å².